The van der Waals surface area contributed by atoms with Crippen molar-refractivity contribution in [2.45, 2.75) is 37.9 Å². The fourth-order valence-electron chi connectivity index (χ4n) is 1.47. The number of rotatable bonds is 10. The third kappa shape index (κ3) is 8.47. The predicted octanol–water partition coefficient (Wildman–Crippen LogP) is -2.51. The standard InChI is InChI=1S/C12H24N6O3S/c1-7(17-11(21)9(13)6-22)10(20)18-8(5-19)3-2-4-16-12(14)15/h5,7-9,22H,2-4,6,13H2,1H3,(H,17,21)(H,18,20)(H4,14,15,16)/t7-,8-,9-/m0/s1. The molecular weight excluding hydrogens is 308 g/mol. The van der Waals surface area contributed by atoms with Crippen LogP contribution >= 0.6 is 12.6 Å². The minimum atomic E-state index is -0.807. The fraction of sp³-hybridized carbons (Fsp3) is 0.667. The summed E-state index contributed by atoms with van der Waals surface area (Å²) in [7, 11) is 0. The molecule has 0 aliphatic carbocycles. The van der Waals surface area contributed by atoms with Crippen LogP contribution in [0.3, 0.4) is 0 Å². The zero-order valence-corrected chi connectivity index (χ0v) is 13.4. The maximum atomic E-state index is 11.9. The number of aliphatic imine (C=N–C) groups is 1. The highest BCUT2D eigenvalue weighted by Crippen LogP contribution is 1.97. The summed E-state index contributed by atoms with van der Waals surface area (Å²) < 4.78 is 0. The smallest absolute Gasteiger partial charge is 0.242 e. The molecule has 0 aliphatic heterocycles. The van der Waals surface area contributed by atoms with E-state index in [0.29, 0.717) is 25.7 Å². The van der Waals surface area contributed by atoms with E-state index >= 15 is 0 Å². The van der Waals surface area contributed by atoms with Gasteiger partial charge in [-0.15, -0.1) is 0 Å². The number of hydrogen-bond acceptors (Lipinski definition) is 6. The molecule has 0 radical (unpaired) electrons. The topological polar surface area (TPSA) is 166 Å². The van der Waals surface area contributed by atoms with Gasteiger partial charge in [0.05, 0.1) is 12.1 Å². The van der Waals surface area contributed by atoms with E-state index in [9.17, 15) is 14.4 Å². The lowest BCUT2D eigenvalue weighted by Gasteiger charge is -2.19. The van der Waals surface area contributed by atoms with E-state index in [1.54, 1.807) is 0 Å². The van der Waals surface area contributed by atoms with Crippen LogP contribution in [0.2, 0.25) is 0 Å². The van der Waals surface area contributed by atoms with E-state index < -0.39 is 29.9 Å². The molecule has 22 heavy (non-hydrogen) atoms. The van der Waals surface area contributed by atoms with Gasteiger partial charge in [0.2, 0.25) is 11.8 Å². The van der Waals surface area contributed by atoms with Gasteiger partial charge in [-0.3, -0.25) is 14.6 Å². The molecule has 0 bridgehead atoms. The summed E-state index contributed by atoms with van der Waals surface area (Å²) in [6.07, 6.45) is 1.55. The van der Waals surface area contributed by atoms with E-state index in [1.807, 2.05) is 0 Å². The number of aldehydes is 1. The number of hydrogen-bond donors (Lipinski definition) is 6. The van der Waals surface area contributed by atoms with E-state index in [2.05, 4.69) is 28.3 Å². The average Bonchev–Trinajstić information content (AvgIpc) is 2.48. The summed E-state index contributed by atoms with van der Waals surface area (Å²) in [5.41, 5.74) is 15.8. The van der Waals surface area contributed by atoms with Crippen molar-refractivity contribution in [1.82, 2.24) is 10.6 Å². The van der Waals surface area contributed by atoms with Gasteiger partial charge >= 0.3 is 0 Å². The molecule has 10 heteroatoms. The number of thiol groups is 1. The van der Waals surface area contributed by atoms with Crippen LogP contribution in [0.4, 0.5) is 0 Å². The highest BCUT2D eigenvalue weighted by molar-refractivity contribution is 7.80. The van der Waals surface area contributed by atoms with E-state index in [1.165, 1.54) is 6.92 Å². The number of carbonyl (C=O) groups is 3. The molecule has 0 spiro atoms. The lowest BCUT2D eigenvalue weighted by Crippen LogP contribution is -2.52. The van der Waals surface area contributed by atoms with Crippen LogP contribution in [0.5, 0.6) is 0 Å². The van der Waals surface area contributed by atoms with Gasteiger partial charge in [-0.05, 0) is 19.8 Å². The van der Waals surface area contributed by atoms with E-state index in [0.717, 1.165) is 0 Å². The number of nitrogens with zero attached hydrogens (tertiary/aromatic N) is 1. The zero-order valence-electron chi connectivity index (χ0n) is 12.5. The second kappa shape index (κ2) is 10.9. The van der Waals surface area contributed by atoms with Crippen molar-refractivity contribution in [3.63, 3.8) is 0 Å². The molecule has 0 aromatic rings. The minimum absolute atomic E-state index is 0.0245. The van der Waals surface area contributed by atoms with Gasteiger partial charge in [0.25, 0.3) is 0 Å². The lowest BCUT2D eigenvalue weighted by atomic mass is 10.1. The van der Waals surface area contributed by atoms with Gasteiger partial charge in [0, 0.05) is 12.3 Å². The third-order valence-electron chi connectivity index (χ3n) is 2.75. The minimum Gasteiger partial charge on any atom is -0.370 e. The Kier molecular flexibility index (Phi) is 9.96. The number of carbonyl (C=O) groups excluding carboxylic acids is 3. The Hall–Kier alpha value is -1.81. The molecule has 0 aliphatic rings. The Morgan fingerprint density at radius 1 is 1.27 bits per heavy atom. The van der Waals surface area contributed by atoms with Crippen molar-refractivity contribution in [3.05, 3.63) is 0 Å². The van der Waals surface area contributed by atoms with Crippen LogP contribution in [-0.2, 0) is 14.4 Å². The molecule has 3 atom stereocenters. The molecule has 0 heterocycles. The van der Waals surface area contributed by atoms with Gasteiger partial charge in [-0.1, -0.05) is 0 Å². The number of guanidine groups is 1. The summed E-state index contributed by atoms with van der Waals surface area (Å²) >= 11 is 3.90. The molecule has 0 saturated heterocycles. The molecule has 0 rings (SSSR count). The van der Waals surface area contributed by atoms with Crippen molar-refractivity contribution >= 4 is 36.7 Å². The quantitative estimate of drug-likeness (QED) is 0.0849. The van der Waals surface area contributed by atoms with Crippen LogP contribution in [-0.4, -0.2) is 54.5 Å². The number of amides is 2. The third-order valence-corrected chi connectivity index (χ3v) is 3.14. The first kappa shape index (κ1) is 20.2. The van der Waals surface area contributed by atoms with Crippen molar-refractivity contribution in [1.29, 1.82) is 0 Å². The Bertz CT molecular complexity index is 414. The van der Waals surface area contributed by atoms with Crippen molar-refractivity contribution in [3.8, 4) is 0 Å². The Labute approximate surface area is 134 Å². The molecular formula is C12H24N6O3S. The highest BCUT2D eigenvalue weighted by Gasteiger charge is 2.21. The summed E-state index contributed by atoms with van der Waals surface area (Å²) in [4.78, 5) is 38.2. The Morgan fingerprint density at radius 3 is 2.41 bits per heavy atom. The monoisotopic (exact) mass is 332 g/mol. The highest BCUT2D eigenvalue weighted by atomic mass is 32.1. The van der Waals surface area contributed by atoms with Gasteiger partial charge in [0.15, 0.2) is 5.96 Å². The number of nitrogens with two attached hydrogens (primary N) is 3. The second-order valence-electron chi connectivity index (χ2n) is 4.72. The summed E-state index contributed by atoms with van der Waals surface area (Å²) in [5.74, 6) is -0.808. The maximum Gasteiger partial charge on any atom is 0.242 e. The second-order valence-corrected chi connectivity index (χ2v) is 5.08. The maximum absolute atomic E-state index is 11.9. The van der Waals surface area contributed by atoms with Crippen molar-refractivity contribution < 1.29 is 14.4 Å². The summed E-state index contributed by atoms with van der Waals surface area (Å²) in [6, 6.07) is -2.27. The van der Waals surface area contributed by atoms with Gasteiger partial charge < -0.3 is 32.6 Å². The first-order valence-corrected chi connectivity index (χ1v) is 7.43. The van der Waals surface area contributed by atoms with Crippen LogP contribution < -0.4 is 27.8 Å². The first-order chi connectivity index (χ1) is 10.3. The van der Waals surface area contributed by atoms with Gasteiger partial charge in [0.1, 0.15) is 12.3 Å². The lowest BCUT2D eigenvalue weighted by molar-refractivity contribution is -0.130. The summed E-state index contributed by atoms with van der Waals surface area (Å²) in [5, 5.41) is 4.97. The Balaban J connectivity index is 4.26. The van der Waals surface area contributed by atoms with Crippen LogP contribution in [0.15, 0.2) is 4.99 Å². The zero-order chi connectivity index (χ0) is 17.1. The molecule has 8 N–H and O–H groups in total. The molecule has 0 aromatic carbocycles. The molecule has 0 fully saturated rings. The fourth-order valence-corrected chi connectivity index (χ4v) is 1.64. The van der Waals surface area contributed by atoms with Gasteiger partial charge in [-0.2, -0.15) is 12.6 Å². The number of nitrogens with one attached hydrogen (secondary N) is 2. The van der Waals surface area contributed by atoms with Crippen molar-refractivity contribution in [2.75, 3.05) is 12.3 Å². The van der Waals surface area contributed by atoms with E-state index in [4.69, 9.17) is 17.2 Å². The first-order valence-electron chi connectivity index (χ1n) is 6.79. The molecule has 9 nitrogen and oxygen atoms in total. The van der Waals surface area contributed by atoms with Gasteiger partial charge in [-0.25, -0.2) is 0 Å². The average molecular weight is 332 g/mol. The molecule has 0 aromatic heterocycles. The van der Waals surface area contributed by atoms with Crippen LogP contribution in [0, 0.1) is 0 Å². The van der Waals surface area contributed by atoms with Crippen molar-refractivity contribution in [2.24, 2.45) is 22.2 Å². The summed E-state index contributed by atoms with van der Waals surface area (Å²) in [6.45, 7) is 1.87. The largest absolute Gasteiger partial charge is 0.370 e. The SMILES string of the molecule is C[C@H](NC(=O)[C@@H](N)CS)C(=O)N[C@H](C=O)CCCN=C(N)N. The predicted molar refractivity (Wildman–Crippen MR) is 87.3 cm³/mol. The molecule has 2 amide bonds. The van der Waals surface area contributed by atoms with E-state index in [-0.39, 0.29) is 11.7 Å². The molecule has 126 valence electrons. The van der Waals surface area contributed by atoms with Crippen LogP contribution in [0.1, 0.15) is 19.8 Å². The molecule has 0 saturated carbocycles. The van der Waals surface area contributed by atoms with Crippen LogP contribution in [0.25, 0.3) is 0 Å². The molecule has 0 unspecified atom stereocenters. The normalized spacial score (nSPS) is 14.3. The Morgan fingerprint density at radius 2 is 1.91 bits per heavy atom.